The van der Waals surface area contributed by atoms with Gasteiger partial charge in [0.2, 0.25) is 5.82 Å². The number of hydrogen-bond acceptors (Lipinski definition) is 4. The third-order valence-corrected chi connectivity index (χ3v) is 6.03. The highest BCUT2D eigenvalue weighted by Crippen LogP contribution is 2.40. The van der Waals surface area contributed by atoms with Gasteiger partial charge in [0.1, 0.15) is 0 Å². The van der Waals surface area contributed by atoms with Gasteiger partial charge in [-0.2, -0.15) is 5.48 Å². The van der Waals surface area contributed by atoms with Crippen LogP contribution >= 0.6 is 12.2 Å². The van der Waals surface area contributed by atoms with Gasteiger partial charge in [-0.25, -0.2) is 22.0 Å². The molecule has 0 spiro atoms. The Morgan fingerprint density at radius 1 is 1.13 bits per heavy atom. The van der Waals surface area contributed by atoms with Crippen LogP contribution in [0.1, 0.15) is 36.8 Å². The van der Waals surface area contributed by atoms with E-state index in [0.29, 0.717) is 17.8 Å². The molecular weight excluding hydrogens is 425 g/mol. The van der Waals surface area contributed by atoms with Crippen molar-refractivity contribution in [1.82, 2.24) is 15.8 Å². The maximum absolute atomic E-state index is 13.9. The molecule has 162 valence electrons. The van der Waals surface area contributed by atoms with Gasteiger partial charge < -0.3 is 5.32 Å². The van der Waals surface area contributed by atoms with Gasteiger partial charge in [-0.05, 0) is 24.5 Å². The van der Waals surface area contributed by atoms with Crippen LogP contribution in [0.3, 0.4) is 0 Å². The molecule has 2 aromatic rings. The lowest BCUT2D eigenvalue weighted by Gasteiger charge is -2.44. The van der Waals surface area contributed by atoms with Crippen LogP contribution in [0.4, 0.5) is 22.0 Å². The predicted molar refractivity (Wildman–Crippen MR) is 104 cm³/mol. The number of hydrogen-bond donors (Lipinski definition) is 2. The molecule has 1 aromatic carbocycles. The first-order valence-corrected chi connectivity index (χ1v) is 9.75. The number of hydroxylamine groups is 1. The minimum Gasteiger partial charge on any atom is -0.382 e. The highest BCUT2D eigenvalue weighted by atomic mass is 32.1. The molecule has 1 fully saturated rings. The van der Waals surface area contributed by atoms with Gasteiger partial charge in [-0.3, -0.25) is 9.82 Å². The quantitative estimate of drug-likeness (QED) is 0.229. The molecule has 1 aliphatic rings. The first-order valence-electron chi connectivity index (χ1n) is 9.34. The van der Waals surface area contributed by atoms with Crippen molar-refractivity contribution in [3.63, 3.8) is 0 Å². The van der Waals surface area contributed by atoms with Gasteiger partial charge in [0, 0.05) is 25.5 Å². The van der Waals surface area contributed by atoms with E-state index in [1.807, 2.05) is 6.07 Å². The molecule has 1 heterocycles. The molecule has 4 nitrogen and oxygen atoms in total. The van der Waals surface area contributed by atoms with Gasteiger partial charge in [-0.1, -0.05) is 31.1 Å². The van der Waals surface area contributed by atoms with Crippen molar-refractivity contribution in [3.8, 4) is 0 Å². The van der Waals surface area contributed by atoms with Crippen molar-refractivity contribution in [3.05, 3.63) is 64.7 Å². The topological polar surface area (TPSA) is 46.2 Å². The van der Waals surface area contributed by atoms with Crippen molar-refractivity contribution < 1.29 is 26.8 Å². The van der Waals surface area contributed by atoms with Crippen LogP contribution in [0, 0.1) is 29.1 Å². The van der Waals surface area contributed by atoms with Crippen LogP contribution in [-0.4, -0.2) is 23.1 Å². The summed E-state index contributed by atoms with van der Waals surface area (Å²) in [6.07, 6.45) is 6.33. The zero-order valence-corrected chi connectivity index (χ0v) is 16.9. The highest BCUT2D eigenvalue weighted by molar-refractivity contribution is 7.80. The van der Waals surface area contributed by atoms with E-state index in [1.54, 1.807) is 25.5 Å². The molecule has 1 aliphatic carbocycles. The normalized spacial score (nSPS) is 21.5. The molecule has 1 saturated carbocycles. The average Bonchev–Trinajstić information content (AvgIpc) is 2.79. The lowest BCUT2D eigenvalue weighted by Crippen LogP contribution is -2.57. The largest absolute Gasteiger partial charge is 0.382 e. The van der Waals surface area contributed by atoms with E-state index in [1.165, 1.54) is 0 Å². The molecule has 0 radical (unpaired) electrons. The van der Waals surface area contributed by atoms with E-state index in [4.69, 9.17) is 17.1 Å². The number of nitrogens with one attached hydrogen (secondary N) is 2. The second kappa shape index (κ2) is 9.32. The molecule has 2 atom stereocenters. The van der Waals surface area contributed by atoms with Crippen molar-refractivity contribution in [2.24, 2.45) is 0 Å². The third-order valence-electron chi connectivity index (χ3n) is 5.46. The van der Waals surface area contributed by atoms with E-state index in [-0.39, 0.29) is 0 Å². The van der Waals surface area contributed by atoms with Gasteiger partial charge in [0.25, 0.3) is 0 Å². The second-order valence-corrected chi connectivity index (χ2v) is 7.45. The van der Waals surface area contributed by atoms with E-state index in [0.717, 1.165) is 18.4 Å². The minimum atomic E-state index is -2.20. The molecule has 3 rings (SSSR count). The van der Waals surface area contributed by atoms with Crippen LogP contribution in [0.25, 0.3) is 0 Å². The number of rotatable bonds is 6. The van der Waals surface area contributed by atoms with E-state index >= 15 is 0 Å². The van der Waals surface area contributed by atoms with Crippen LogP contribution < -0.4 is 10.8 Å². The van der Waals surface area contributed by atoms with Gasteiger partial charge >= 0.3 is 0 Å². The maximum Gasteiger partial charge on any atom is 0.200 e. The number of likely N-dealkylation sites (N-methyl/N-ethyl adjacent to an activating group) is 1. The number of halogens is 5. The fraction of sp³-hybridized carbons (Fsp3) is 0.400. The number of pyridine rings is 1. The minimum absolute atomic E-state index is 0.406. The van der Waals surface area contributed by atoms with Gasteiger partial charge in [-0.15, -0.1) is 0 Å². The Morgan fingerprint density at radius 3 is 2.40 bits per heavy atom. The molecule has 0 aliphatic heterocycles. The highest BCUT2D eigenvalue weighted by Gasteiger charge is 2.46. The van der Waals surface area contributed by atoms with Crippen molar-refractivity contribution in [2.45, 2.75) is 43.7 Å². The van der Waals surface area contributed by atoms with Gasteiger partial charge in [0.05, 0.1) is 22.6 Å². The first kappa shape index (κ1) is 22.5. The lowest BCUT2D eigenvalue weighted by molar-refractivity contribution is -0.0205. The zero-order chi connectivity index (χ0) is 21.9. The molecule has 10 heteroatoms. The van der Waals surface area contributed by atoms with Crippen molar-refractivity contribution in [2.75, 3.05) is 7.05 Å². The van der Waals surface area contributed by atoms with E-state index < -0.39 is 52.7 Å². The Balaban J connectivity index is 1.86. The van der Waals surface area contributed by atoms with Crippen molar-refractivity contribution in [1.29, 1.82) is 0 Å². The molecule has 0 saturated heterocycles. The maximum atomic E-state index is 13.9. The first-order chi connectivity index (χ1) is 14.3. The molecule has 2 N–H and O–H groups in total. The smallest absolute Gasteiger partial charge is 0.200 e. The predicted octanol–water partition coefficient (Wildman–Crippen LogP) is 4.23. The number of aromatic nitrogens is 1. The third kappa shape index (κ3) is 3.91. The summed E-state index contributed by atoms with van der Waals surface area (Å²) in [5.74, 6) is -10.1. The summed E-state index contributed by atoms with van der Waals surface area (Å²) >= 11 is 5.59. The van der Waals surface area contributed by atoms with Crippen LogP contribution in [-0.2, 0) is 16.9 Å². The average molecular weight is 445 g/mol. The lowest BCUT2D eigenvalue weighted by atomic mass is 9.66. The molecule has 0 unspecified atom stereocenters. The Hall–Kier alpha value is -2.17. The fourth-order valence-corrected chi connectivity index (χ4v) is 4.28. The Morgan fingerprint density at radius 2 is 1.80 bits per heavy atom. The summed E-state index contributed by atoms with van der Waals surface area (Å²) in [5, 5.41) is 3.00. The van der Waals surface area contributed by atoms with E-state index in [2.05, 4.69) is 15.8 Å². The van der Waals surface area contributed by atoms with Crippen LogP contribution in [0.5, 0.6) is 0 Å². The Kier molecular flexibility index (Phi) is 6.99. The molecule has 30 heavy (non-hydrogen) atoms. The fourth-order valence-electron chi connectivity index (χ4n) is 3.92. The van der Waals surface area contributed by atoms with Gasteiger partial charge in [0.15, 0.2) is 23.3 Å². The SMILES string of the molecule is CNC(=S)[C@]1(c2cccnc2)CCCC[C@H]1NOCc1c(F)c(F)c(F)c(F)c1F. The Bertz CT molecular complexity index is 901. The second-order valence-electron chi connectivity index (χ2n) is 7.05. The standard InChI is InChI=1S/C20H20F5N3OS/c1-26-19(30)20(11-5-4-8-27-9-11)7-3-2-6-13(20)28-29-10-12-14(21)16(23)18(25)17(24)15(12)22/h4-5,8-9,13,28H,2-3,6-7,10H2,1H3,(H,26,30)/t13-,20+/m1/s1. The number of benzene rings is 1. The van der Waals surface area contributed by atoms with E-state index in [9.17, 15) is 22.0 Å². The molecule has 0 amide bonds. The van der Waals surface area contributed by atoms with Crippen LogP contribution in [0.2, 0.25) is 0 Å². The summed E-state index contributed by atoms with van der Waals surface area (Å²) in [4.78, 5) is 9.94. The van der Waals surface area contributed by atoms with Crippen LogP contribution in [0.15, 0.2) is 24.5 Å². The summed E-state index contributed by atoms with van der Waals surface area (Å²) in [5.41, 5.74) is 1.85. The number of nitrogens with zero attached hydrogens (tertiary/aromatic N) is 1. The summed E-state index contributed by atoms with van der Waals surface area (Å²) in [7, 11) is 1.70. The molecule has 0 bridgehead atoms. The summed E-state index contributed by atoms with van der Waals surface area (Å²) < 4.78 is 67.8. The summed E-state index contributed by atoms with van der Waals surface area (Å²) in [6.45, 7) is -0.849. The zero-order valence-electron chi connectivity index (χ0n) is 16.1. The van der Waals surface area contributed by atoms with Crippen molar-refractivity contribution >= 4 is 17.2 Å². The monoisotopic (exact) mass is 445 g/mol. The summed E-state index contributed by atoms with van der Waals surface area (Å²) in [6, 6.07) is 3.24. The molecule has 1 aromatic heterocycles. The Labute approximate surface area is 175 Å². The number of thiocarbonyl (C=S) groups is 1. The molecular formula is C20H20F5N3OS.